The number of aliphatic hydroxyl groups is 1. The first-order chi connectivity index (χ1) is 8.85. The van der Waals surface area contributed by atoms with E-state index in [9.17, 15) is 19.6 Å². The van der Waals surface area contributed by atoms with Crippen molar-refractivity contribution in [3.63, 3.8) is 0 Å². The summed E-state index contributed by atoms with van der Waals surface area (Å²) in [7, 11) is 0. The highest BCUT2D eigenvalue weighted by Gasteiger charge is 2.20. The number of nitro groups is 1. The fraction of sp³-hybridized carbons (Fsp3) is 0.500. The Morgan fingerprint density at radius 1 is 1.53 bits per heavy atom. The molecule has 0 fully saturated rings. The number of hydrogen-bond donors (Lipinski definition) is 2. The fourth-order valence-electron chi connectivity index (χ4n) is 1.77. The standard InChI is InChI=1S/C12H16BrFN2O3/c1-7(2)3-8(6-17)15-11-5-10(14)9(13)4-12(11)16(18)19/h4-5,7-8,15,17H,3,6H2,1-2H3. The first-order valence-electron chi connectivity index (χ1n) is 5.86. The number of anilines is 1. The molecule has 0 aliphatic heterocycles. The van der Waals surface area contributed by atoms with Crippen molar-refractivity contribution in [3.05, 3.63) is 32.5 Å². The van der Waals surface area contributed by atoms with Crippen molar-refractivity contribution in [1.82, 2.24) is 0 Å². The number of nitro benzene ring substituents is 1. The zero-order chi connectivity index (χ0) is 14.6. The Morgan fingerprint density at radius 2 is 2.16 bits per heavy atom. The molecule has 7 heteroatoms. The summed E-state index contributed by atoms with van der Waals surface area (Å²) in [6.45, 7) is 3.77. The summed E-state index contributed by atoms with van der Waals surface area (Å²) in [6.07, 6.45) is 0.630. The maximum Gasteiger partial charge on any atom is 0.293 e. The molecule has 0 saturated heterocycles. The lowest BCUT2D eigenvalue weighted by Gasteiger charge is -2.19. The van der Waals surface area contributed by atoms with Crippen LogP contribution in [0.5, 0.6) is 0 Å². The number of rotatable bonds is 6. The van der Waals surface area contributed by atoms with Crippen LogP contribution in [0.1, 0.15) is 20.3 Å². The van der Waals surface area contributed by atoms with E-state index in [0.717, 1.165) is 12.1 Å². The normalized spacial score (nSPS) is 12.5. The van der Waals surface area contributed by atoms with Gasteiger partial charge < -0.3 is 10.4 Å². The highest BCUT2D eigenvalue weighted by atomic mass is 79.9. The lowest BCUT2D eigenvalue weighted by molar-refractivity contribution is -0.384. The molecule has 0 heterocycles. The van der Waals surface area contributed by atoms with Crippen LogP contribution < -0.4 is 5.32 Å². The van der Waals surface area contributed by atoms with Crippen molar-refractivity contribution >= 4 is 27.3 Å². The van der Waals surface area contributed by atoms with Crippen molar-refractivity contribution in [1.29, 1.82) is 0 Å². The summed E-state index contributed by atoms with van der Waals surface area (Å²) in [5.41, 5.74) is -0.152. The number of halogens is 2. The van der Waals surface area contributed by atoms with Crippen molar-refractivity contribution in [2.24, 2.45) is 5.92 Å². The fourth-order valence-corrected chi connectivity index (χ4v) is 2.10. The van der Waals surface area contributed by atoms with Crippen molar-refractivity contribution in [2.75, 3.05) is 11.9 Å². The van der Waals surface area contributed by atoms with Gasteiger partial charge >= 0.3 is 0 Å². The zero-order valence-electron chi connectivity index (χ0n) is 10.7. The predicted molar refractivity (Wildman–Crippen MR) is 74.7 cm³/mol. The van der Waals surface area contributed by atoms with E-state index in [1.807, 2.05) is 13.8 Å². The average Bonchev–Trinajstić information content (AvgIpc) is 2.31. The monoisotopic (exact) mass is 334 g/mol. The SMILES string of the molecule is CC(C)CC(CO)Nc1cc(F)c(Br)cc1[N+](=O)[O-]. The summed E-state index contributed by atoms with van der Waals surface area (Å²) < 4.78 is 13.5. The van der Waals surface area contributed by atoms with Gasteiger partial charge in [0.25, 0.3) is 5.69 Å². The summed E-state index contributed by atoms with van der Waals surface area (Å²) in [6, 6.07) is 1.83. The van der Waals surface area contributed by atoms with E-state index >= 15 is 0 Å². The Labute approximate surface area is 119 Å². The summed E-state index contributed by atoms with van der Waals surface area (Å²) in [5.74, 6) is -0.279. The topological polar surface area (TPSA) is 75.4 Å². The zero-order valence-corrected chi connectivity index (χ0v) is 12.3. The Hall–Kier alpha value is -1.21. The van der Waals surface area contributed by atoms with Crippen LogP contribution in [0.15, 0.2) is 16.6 Å². The first kappa shape index (κ1) is 15.8. The van der Waals surface area contributed by atoms with Gasteiger partial charge in [0, 0.05) is 18.2 Å². The van der Waals surface area contributed by atoms with Gasteiger partial charge in [0.2, 0.25) is 0 Å². The quantitative estimate of drug-likeness (QED) is 0.618. The third kappa shape index (κ3) is 4.43. The van der Waals surface area contributed by atoms with Crippen molar-refractivity contribution in [2.45, 2.75) is 26.3 Å². The molecular formula is C12H16BrFN2O3. The van der Waals surface area contributed by atoms with E-state index < -0.39 is 10.7 Å². The summed E-state index contributed by atoms with van der Waals surface area (Å²) >= 11 is 2.92. The van der Waals surface area contributed by atoms with Gasteiger partial charge in [-0.2, -0.15) is 0 Å². The Balaban J connectivity index is 3.04. The molecule has 0 aliphatic carbocycles. The number of aliphatic hydroxyl groups excluding tert-OH is 1. The molecule has 1 atom stereocenters. The molecule has 19 heavy (non-hydrogen) atoms. The predicted octanol–water partition coefficient (Wildman–Crippen LogP) is 3.32. The van der Waals surface area contributed by atoms with E-state index in [2.05, 4.69) is 21.2 Å². The van der Waals surface area contributed by atoms with Gasteiger partial charge in [-0.05, 0) is 28.3 Å². The third-order valence-electron chi connectivity index (χ3n) is 2.57. The van der Waals surface area contributed by atoms with Gasteiger partial charge in [-0.15, -0.1) is 0 Å². The lowest BCUT2D eigenvalue weighted by atomic mass is 10.0. The van der Waals surface area contributed by atoms with E-state index in [4.69, 9.17) is 0 Å². The minimum atomic E-state index is -0.589. The van der Waals surface area contributed by atoms with E-state index in [1.165, 1.54) is 0 Å². The third-order valence-corrected chi connectivity index (χ3v) is 3.18. The molecule has 0 saturated carbocycles. The number of nitrogens with zero attached hydrogens (tertiary/aromatic N) is 1. The highest BCUT2D eigenvalue weighted by molar-refractivity contribution is 9.10. The number of nitrogens with one attached hydrogen (secondary N) is 1. The second-order valence-corrected chi connectivity index (χ2v) is 5.55. The molecule has 0 amide bonds. The highest BCUT2D eigenvalue weighted by Crippen LogP contribution is 2.31. The molecule has 5 nitrogen and oxygen atoms in total. The van der Waals surface area contributed by atoms with Crippen LogP contribution in [0.3, 0.4) is 0 Å². The second-order valence-electron chi connectivity index (χ2n) is 4.69. The number of hydrogen-bond acceptors (Lipinski definition) is 4. The van der Waals surface area contributed by atoms with E-state index in [-0.39, 0.29) is 28.5 Å². The largest absolute Gasteiger partial charge is 0.394 e. The summed E-state index contributed by atoms with van der Waals surface area (Å²) in [4.78, 5) is 10.4. The molecule has 106 valence electrons. The minimum absolute atomic E-state index is 0.0363. The summed E-state index contributed by atoms with van der Waals surface area (Å²) in [5, 5.41) is 23.0. The minimum Gasteiger partial charge on any atom is -0.394 e. The molecule has 0 radical (unpaired) electrons. The van der Waals surface area contributed by atoms with E-state index in [1.54, 1.807) is 0 Å². The van der Waals surface area contributed by atoms with Gasteiger partial charge in [0.1, 0.15) is 11.5 Å². The Kier molecular flexibility index (Phi) is 5.68. The maximum absolute atomic E-state index is 13.5. The molecule has 0 bridgehead atoms. The molecule has 1 unspecified atom stereocenters. The van der Waals surface area contributed by atoms with Crippen LogP contribution in [-0.2, 0) is 0 Å². The first-order valence-corrected chi connectivity index (χ1v) is 6.65. The molecule has 2 N–H and O–H groups in total. The molecule has 1 aromatic rings. The Morgan fingerprint density at radius 3 is 2.63 bits per heavy atom. The van der Waals surface area contributed by atoms with Crippen LogP contribution in [0.4, 0.5) is 15.8 Å². The number of benzene rings is 1. The Bertz CT molecular complexity index is 469. The van der Waals surface area contributed by atoms with Gasteiger partial charge in [-0.25, -0.2) is 4.39 Å². The van der Waals surface area contributed by atoms with Crippen molar-refractivity contribution < 1.29 is 14.4 Å². The lowest BCUT2D eigenvalue weighted by Crippen LogP contribution is -2.26. The van der Waals surface area contributed by atoms with Crippen LogP contribution in [0, 0.1) is 21.8 Å². The van der Waals surface area contributed by atoms with Crippen LogP contribution in [-0.4, -0.2) is 22.7 Å². The second kappa shape index (κ2) is 6.81. The van der Waals surface area contributed by atoms with Gasteiger partial charge in [-0.1, -0.05) is 13.8 Å². The van der Waals surface area contributed by atoms with Gasteiger partial charge in [-0.3, -0.25) is 10.1 Å². The molecule has 1 rings (SSSR count). The van der Waals surface area contributed by atoms with E-state index in [0.29, 0.717) is 12.3 Å². The van der Waals surface area contributed by atoms with Crippen LogP contribution in [0.25, 0.3) is 0 Å². The van der Waals surface area contributed by atoms with Crippen LogP contribution in [0.2, 0.25) is 0 Å². The molecular weight excluding hydrogens is 319 g/mol. The van der Waals surface area contributed by atoms with Crippen molar-refractivity contribution in [3.8, 4) is 0 Å². The van der Waals surface area contributed by atoms with Crippen LogP contribution >= 0.6 is 15.9 Å². The smallest absolute Gasteiger partial charge is 0.293 e. The molecule has 0 aliphatic rings. The molecule has 0 spiro atoms. The average molecular weight is 335 g/mol. The van der Waals surface area contributed by atoms with Gasteiger partial charge in [0.05, 0.1) is 16.0 Å². The molecule has 1 aromatic carbocycles. The van der Waals surface area contributed by atoms with Gasteiger partial charge in [0.15, 0.2) is 0 Å². The maximum atomic E-state index is 13.5. The molecule has 0 aromatic heterocycles.